The monoisotopic (exact) mass is 401 g/mol. The van der Waals surface area contributed by atoms with Gasteiger partial charge in [-0.15, -0.1) is 0 Å². The van der Waals surface area contributed by atoms with Gasteiger partial charge in [-0.2, -0.15) is 0 Å². The summed E-state index contributed by atoms with van der Waals surface area (Å²) in [6.45, 7) is 1.98. The summed E-state index contributed by atoms with van der Waals surface area (Å²) in [5, 5.41) is 0. The zero-order valence-corrected chi connectivity index (χ0v) is 16.7. The van der Waals surface area contributed by atoms with Crippen molar-refractivity contribution in [1.82, 2.24) is 4.90 Å². The van der Waals surface area contributed by atoms with Crippen molar-refractivity contribution in [2.75, 3.05) is 6.61 Å². The molecule has 4 rings (SSSR count). The lowest BCUT2D eigenvalue weighted by Crippen LogP contribution is -2.44. The summed E-state index contributed by atoms with van der Waals surface area (Å²) < 4.78 is 11.1. The molecule has 1 saturated heterocycles. The average molecular weight is 401 g/mol. The second-order valence-corrected chi connectivity index (χ2v) is 7.04. The van der Waals surface area contributed by atoms with Crippen molar-refractivity contribution in [2.45, 2.75) is 25.1 Å². The maximum absolute atomic E-state index is 13.2. The Morgan fingerprint density at radius 2 is 1.40 bits per heavy atom. The van der Waals surface area contributed by atoms with Gasteiger partial charge in [0, 0.05) is 0 Å². The first-order chi connectivity index (χ1) is 14.7. The van der Waals surface area contributed by atoms with Gasteiger partial charge in [-0.05, 0) is 23.6 Å². The molecule has 152 valence electrons. The number of ether oxygens (including phenoxy) is 2. The van der Waals surface area contributed by atoms with Crippen LogP contribution in [0.5, 0.6) is 0 Å². The molecular weight excluding hydrogens is 378 g/mol. The molecule has 1 aliphatic rings. The number of nitrogens with zero attached hydrogens (tertiary/aromatic N) is 1. The molecule has 0 radical (unpaired) electrons. The summed E-state index contributed by atoms with van der Waals surface area (Å²) in [5.41, 5.74) is 2.54. The number of cyclic esters (lactones) is 1. The van der Waals surface area contributed by atoms with E-state index in [1.807, 2.05) is 91.0 Å². The summed E-state index contributed by atoms with van der Waals surface area (Å²) in [5.74, 6) is -0.478. The molecule has 5 heteroatoms. The third-order valence-electron chi connectivity index (χ3n) is 5.19. The van der Waals surface area contributed by atoms with E-state index in [9.17, 15) is 9.59 Å². The van der Waals surface area contributed by atoms with Gasteiger partial charge in [-0.1, -0.05) is 91.0 Å². The summed E-state index contributed by atoms with van der Waals surface area (Å²) in [6.07, 6.45) is -1.28. The van der Waals surface area contributed by atoms with Crippen LogP contribution in [0.15, 0.2) is 91.0 Å². The topological polar surface area (TPSA) is 55.8 Å². The van der Waals surface area contributed by atoms with Crippen molar-refractivity contribution >= 4 is 12.1 Å². The predicted molar refractivity (Wildman–Crippen MR) is 113 cm³/mol. The Morgan fingerprint density at radius 1 is 0.900 bits per heavy atom. The van der Waals surface area contributed by atoms with Crippen LogP contribution in [0.4, 0.5) is 4.79 Å². The minimum Gasteiger partial charge on any atom is -0.464 e. The Bertz CT molecular complexity index is 952. The van der Waals surface area contributed by atoms with Gasteiger partial charge in [0.05, 0.1) is 12.6 Å². The third-order valence-corrected chi connectivity index (χ3v) is 5.19. The first-order valence-corrected chi connectivity index (χ1v) is 10.0. The number of rotatable bonds is 6. The van der Waals surface area contributed by atoms with E-state index in [0.717, 1.165) is 16.7 Å². The highest BCUT2D eigenvalue weighted by atomic mass is 16.6. The molecule has 0 N–H and O–H groups in total. The van der Waals surface area contributed by atoms with Crippen LogP contribution in [0, 0.1) is 0 Å². The van der Waals surface area contributed by atoms with E-state index in [2.05, 4.69) is 0 Å². The van der Waals surface area contributed by atoms with E-state index in [1.165, 1.54) is 4.90 Å². The fourth-order valence-corrected chi connectivity index (χ4v) is 3.90. The van der Waals surface area contributed by atoms with Crippen molar-refractivity contribution < 1.29 is 19.1 Å². The molecule has 1 heterocycles. The summed E-state index contributed by atoms with van der Waals surface area (Å²) >= 11 is 0. The van der Waals surface area contributed by atoms with Crippen LogP contribution < -0.4 is 0 Å². The highest BCUT2D eigenvalue weighted by molar-refractivity contribution is 5.86. The van der Waals surface area contributed by atoms with E-state index in [1.54, 1.807) is 6.92 Å². The minimum absolute atomic E-state index is 0.222. The molecule has 3 aromatic carbocycles. The van der Waals surface area contributed by atoms with Crippen molar-refractivity contribution in [3.8, 4) is 0 Å². The first kappa shape index (κ1) is 19.7. The normalized spacial score (nSPS) is 18.3. The smallest absolute Gasteiger partial charge is 0.412 e. The Balaban J connectivity index is 1.83. The number of hydrogen-bond donors (Lipinski definition) is 0. The van der Waals surface area contributed by atoms with Crippen molar-refractivity contribution in [1.29, 1.82) is 0 Å². The number of carbonyl (C=O) groups excluding carboxylic acids is 2. The van der Waals surface area contributed by atoms with Gasteiger partial charge in [-0.25, -0.2) is 9.59 Å². The molecule has 2 unspecified atom stereocenters. The average Bonchev–Trinajstić information content (AvgIpc) is 3.13. The number of hydrogen-bond acceptors (Lipinski definition) is 4. The van der Waals surface area contributed by atoms with Gasteiger partial charge in [0.25, 0.3) is 0 Å². The Labute approximate surface area is 175 Å². The van der Waals surface area contributed by atoms with Gasteiger partial charge in [-0.3, -0.25) is 4.90 Å². The van der Waals surface area contributed by atoms with Gasteiger partial charge in [0.15, 0.2) is 12.1 Å². The highest BCUT2D eigenvalue weighted by Gasteiger charge is 2.51. The van der Waals surface area contributed by atoms with E-state index >= 15 is 0 Å². The Kier molecular flexibility index (Phi) is 5.80. The lowest BCUT2D eigenvalue weighted by atomic mass is 9.94. The molecule has 0 saturated carbocycles. The van der Waals surface area contributed by atoms with Crippen molar-refractivity contribution in [3.05, 3.63) is 108 Å². The first-order valence-electron chi connectivity index (χ1n) is 10.0. The van der Waals surface area contributed by atoms with E-state index in [0.29, 0.717) is 0 Å². The SMILES string of the molecule is CCOC(=O)C1C(c2ccccc2)OC(=O)N1C(c1ccccc1)c1ccccc1. The summed E-state index contributed by atoms with van der Waals surface area (Å²) in [7, 11) is 0. The lowest BCUT2D eigenvalue weighted by Gasteiger charge is -2.31. The zero-order chi connectivity index (χ0) is 20.9. The molecule has 0 bridgehead atoms. The molecule has 0 aliphatic carbocycles. The number of benzene rings is 3. The van der Waals surface area contributed by atoms with Crippen LogP contribution in [-0.4, -0.2) is 29.6 Å². The van der Waals surface area contributed by atoms with Gasteiger partial charge in [0.1, 0.15) is 0 Å². The fourth-order valence-electron chi connectivity index (χ4n) is 3.90. The Morgan fingerprint density at radius 3 is 1.90 bits per heavy atom. The quantitative estimate of drug-likeness (QED) is 0.551. The molecule has 2 atom stereocenters. The van der Waals surface area contributed by atoms with Crippen LogP contribution in [-0.2, 0) is 14.3 Å². The fraction of sp³-hybridized carbons (Fsp3) is 0.200. The summed E-state index contributed by atoms with van der Waals surface area (Å²) in [6, 6.07) is 27.2. The van der Waals surface area contributed by atoms with E-state index < -0.39 is 30.3 Å². The van der Waals surface area contributed by atoms with Crippen LogP contribution in [0.25, 0.3) is 0 Å². The molecular formula is C25H23NO4. The van der Waals surface area contributed by atoms with Gasteiger partial charge >= 0.3 is 12.1 Å². The largest absolute Gasteiger partial charge is 0.464 e. The lowest BCUT2D eigenvalue weighted by molar-refractivity contribution is -0.149. The third kappa shape index (κ3) is 3.79. The molecule has 1 fully saturated rings. The Hall–Kier alpha value is -3.60. The molecule has 1 amide bonds. The molecule has 0 spiro atoms. The summed E-state index contributed by atoms with van der Waals surface area (Å²) in [4.78, 5) is 27.7. The predicted octanol–water partition coefficient (Wildman–Crippen LogP) is 4.90. The molecule has 3 aromatic rings. The van der Waals surface area contributed by atoms with Crippen LogP contribution >= 0.6 is 0 Å². The second kappa shape index (κ2) is 8.82. The van der Waals surface area contributed by atoms with Crippen molar-refractivity contribution in [2.24, 2.45) is 0 Å². The van der Waals surface area contributed by atoms with E-state index in [4.69, 9.17) is 9.47 Å². The number of amides is 1. The van der Waals surface area contributed by atoms with E-state index in [-0.39, 0.29) is 6.61 Å². The maximum atomic E-state index is 13.2. The highest BCUT2D eigenvalue weighted by Crippen LogP contribution is 2.41. The molecule has 0 aromatic heterocycles. The van der Waals surface area contributed by atoms with Crippen LogP contribution in [0.2, 0.25) is 0 Å². The second-order valence-electron chi connectivity index (χ2n) is 7.04. The van der Waals surface area contributed by atoms with Gasteiger partial charge in [0.2, 0.25) is 0 Å². The molecule has 1 aliphatic heterocycles. The zero-order valence-electron chi connectivity index (χ0n) is 16.7. The minimum atomic E-state index is -0.898. The van der Waals surface area contributed by atoms with Crippen LogP contribution in [0.3, 0.4) is 0 Å². The maximum Gasteiger partial charge on any atom is 0.412 e. The number of esters is 1. The van der Waals surface area contributed by atoms with Crippen LogP contribution in [0.1, 0.15) is 35.8 Å². The van der Waals surface area contributed by atoms with Gasteiger partial charge < -0.3 is 9.47 Å². The standard InChI is InChI=1S/C25H23NO4/c1-2-29-24(27)22-23(20-16-10-5-11-17-20)30-25(28)26(22)21(18-12-6-3-7-13-18)19-14-8-4-9-15-19/h3-17,21-23H,2H2,1H3. The molecule has 30 heavy (non-hydrogen) atoms. The van der Waals surface area contributed by atoms with Crippen molar-refractivity contribution in [3.63, 3.8) is 0 Å². The number of carbonyl (C=O) groups is 2. The molecule has 5 nitrogen and oxygen atoms in total.